The standard InChI is InChI=1S/C29H48N6O10/c1-18(36)32-21-19(37)14-29(24(38)40-7,44-23(21)22-20(15-31-33-30)42-27(5,6)43-22)9-11-35-12-13-41-17-28(35)8-10-34(16-28)25(39)45-26(2,3)4/h19-23,37H,8-17H2,1-7H3,(H,32,36)/t19-,20?,21+,22+,23+,28-,29+/m0/s1. The molecule has 0 radical (unpaired) electrons. The van der Waals surface area contributed by atoms with Gasteiger partial charge in [-0.3, -0.25) is 9.69 Å². The van der Waals surface area contributed by atoms with Gasteiger partial charge in [-0.2, -0.15) is 0 Å². The van der Waals surface area contributed by atoms with Gasteiger partial charge in [-0.05, 0) is 46.6 Å². The number of nitrogens with zero attached hydrogens (tertiary/aromatic N) is 5. The zero-order valence-electron chi connectivity index (χ0n) is 27.3. The number of aliphatic hydroxyl groups is 1. The van der Waals surface area contributed by atoms with E-state index in [1.807, 2.05) is 20.8 Å². The van der Waals surface area contributed by atoms with Crippen molar-refractivity contribution in [3.05, 3.63) is 10.4 Å². The lowest BCUT2D eigenvalue weighted by Gasteiger charge is -2.49. The molecule has 4 heterocycles. The van der Waals surface area contributed by atoms with E-state index in [1.54, 1.807) is 18.7 Å². The molecule has 1 spiro atoms. The molecule has 0 aromatic rings. The first-order valence-corrected chi connectivity index (χ1v) is 15.4. The summed E-state index contributed by atoms with van der Waals surface area (Å²) >= 11 is 0. The fourth-order valence-electron chi connectivity index (χ4n) is 6.87. The molecule has 45 heavy (non-hydrogen) atoms. The minimum absolute atomic E-state index is 0.0942. The Morgan fingerprint density at radius 2 is 1.89 bits per heavy atom. The average molecular weight is 641 g/mol. The SMILES string of the molecule is COC(=O)[C@@]1(CCN2CCOC[C@@]23CCN(C(=O)OC(C)(C)C)C3)C[C@H](O)[C@@H](NC(C)=O)[C@H]([C@@H]2OC(C)(C)OC2CN=[N+]=[N-])O1. The lowest BCUT2D eigenvalue weighted by Crippen LogP contribution is -2.68. The Balaban J connectivity index is 1.60. The molecule has 254 valence electrons. The fourth-order valence-corrected chi connectivity index (χ4v) is 6.87. The number of likely N-dealkylation sites (tertiary alicyclic amines) is 1. The van der Waals surface area contributed by atoms with Gasteiger partial charge in [0.15, 0.2) is 11.4 Å². The minimum Gasteiger partial charge on any atom is -0.467 e. The van der Waals surface area contributed by atoms with Gasteiger partial charge in [0.2, 0.25) is 5.91 Å². The molecule has 4 aliphatic heterocycles. The number of esters is 1. The maximum absolute atomic E-state index is 13.6. The highest BCUT2D eigenvalue weighted by Crippen LogP contribution is 2.41. The Bertz CT molecular complexity index is 1160. The number of hydrogen-bond acceptors (Lipinski definition) is 12. The molecule has 2 amide bonds. The third-order valence-corrected chi connectivity index (χ3v) is 8.78. The average Bonchev–Trinajstić information content (AvgIpc) is 3.51. The molecule has 16 heteroatoms. The second-order valence-electron chi connectivity index (χ2n) is 13.8. The number of amides is 2. The van der Waals surface area contributed by atoms with Crippen LogP contribution in [0.3, 0.4) is 0 Å². The smallest absolute Gasteiger partial charge is 0.410 e. The Hall–Kier alpha value is -2.72. The third-order valence-electron chi connectivity index (χ3n) is 8.78. The molecule has 0 bridgehead atoms. The number of hydrogen-bond donors (Lipinski definition) is 2. The van der Waals surface area contributed by atoms with Gasteiger partial charge in [-0.1, -0.05) is 5.11 Å². The van der Waals surface area contributed by atoms with Crippen LogP contribution in [0.25, 0.3) is 10.4 Å². The van der Waals surface area contributed by atoms with Crippen molar-refractivity contribution < 1.29 is 47.9 Å². The normalized spacial score (nSPS) is 35.1. The van der Waals surface area contributed by atoms with Gasteiger partial charge in [0.1, 0.15) is 17.8 Å². The summed E-state index contributed by atoms with van der Waals surface area (Å²) in [6, 6.07) is -0.955. The first-order chi connectivity index (χ1) is 21.0. The summed E-state index contributed by atoms with van der Waals surface area (Å²) < 4.78 is 35.5. The summed E-state index contributed by atoms with van der Waals surface area (Å²) in [5.74, 6) is -2.18. The number of morpholine rings is 1. The largest absolute Gasteiger partial charge is 0.467 e. The fraction of sp³-hybridized carbons (Fsp3) is 0.897. The van der Waals surface area contributed by atoms with Crippen LogP contribution in [0.2, 0.25) is 0 Å². The third kappa shape index (κ3) is 7.99. The maximum atomic E-state index is 13.6. The monoisotopic (exact) mass is 640 g/mol. The highest BCUT2D eigenvalue weighted by atomic mass is 16.8. The molecule has 4 fully saturated rings. The number of carbonyl (C=O) groups excluding carboxylic acids is 3. The molecule has 4 aliphatic rings. The molecule has 16 nitrogen and oxygen atoms in total. The number of azide groups is 1. The van der Waals surface area contributed by atoms with E-state index in [0.29, 0.717) is 45.8 Å². The zero-order chi connectivity index (χ0) is 33.2. The lowest BCUT2D eigenvalue weighted by atomic mass is 9.81. The number of carbonyl (C=O) groups is 3. The van der Waals surface area contributed by atoms with Crippen LogP contribution in [-0.4, -0.2) is 139 Å². The van der Waals surface area contributed by atoms with Gasteiger partial charge < -0.3 is 43.7 Å². The van der Waals surface area contributed by atoms with Crippen molar-refractivity contribution >= 4 is 18.0 Å². The number of aliphatic hydroxyl groups excluding tert-OH is 1. The first-order valence-electron chi connectivity index (χ1n) is 15.4. The minimum atomic E-state index is -1.62. The molecule has 0 saturated carbocycles. The lowest BCUT2D eigenvalue weighted by molar-refractivity contribution is -0.234. The van der Waals surface area contributed by atoms with E-state index in [9.17, 15) is 19.5 Å². The predicted molar refractivity (Wildman–Crippen MR) is 158 cm³/mol. The number of ether oxygens (including phenoxy) is 6. The van der Waals surface area contributed by atoms with Gasteiger partial charge in [0.05, 0.1) is 50.7 Å². The molecule has 0 aliphatic carbocycles. The van der Waals surface area contributed by atoms with Crippen molar-refractivity contribution in [1.29, 1.82) is 0 Å². The van der Waals surface area contributed by atoms with Crippen molar-refractivity contribution in [3.63, 3.8) is 0 Å². The van der Waals surface area contributed by atoms with Crippen LogP contribution in [0.4, 0.5) is 4.79 Å². The summed E-state index contributed by atoms with van der Waals surface area (Å²) in [6.07, 6.45) is -3.73. The van der Waals surface area contributed by atoms with Gasteiger partial charge in [-0.25, -0.2) is 9.59 Å². The van der Waals surface area contributed by atoms with Crippen molar-refractivity contribution in [2.24, 2.45) is 5.11 Å². The summed E-state index contributed by atoms with van der Waals surface area (Å²) in [5, 5.41) is 17.9. The Kier molecular flexibility index (Phi) is 10.6. The summed E-state index contributed by atoms with van der Waals surface area (Å²) in [6.45, 7) is 12.8. The van der Waals surface area contributed by atoms with Gasteiger partial charge in [0, 0.05) is 50.9 Å². The van der Waals surface area contributed by atoms with E-state index in [4.69, 9.17) is 34.0 Å². The molecule has 7 atom stereocenters. The number of nitrogens with one attached hydrogen (secondary N) is 1. The van der Waals surface area contributed by atoms with E-state index in [0.717, 1.165) is 0 Å². The van der Waals surface area contributed by atoms with E-state index in [1.165, 1.54) is 14.0 Å². The zero-order valence-corrected chi connectivity index (χ0v) is 27.3. The highest BCUT2D eigenvalue weighted by molar-refractivity contribution is 5.80. The Morgan fingerprint density at radius 1 is 1.16 bits per heavy atom. The molecule has 4 rings (SSSR count). The highest BCUT2D eigenvalue weighted by Gasteiger charge is 2.59. The van der Waals surface area contributed by atoms with E-state index >= 15 is 0 Å². The van der Waals surface area contributed by atoms with E-state index in [2.05, 4.69) is 20.2 Å². The first kappa shape index (κ1) is 35.1. The maximum Gasteiger partial charge on any atom is 0.410 e. The van der Waals surface area contributed by atoms with Gasteiger partial charge >= 0.3 is 12.1 Å². The number of methoxy groups -OCH3 is 1. The molecule has 2 N–H and O–H groups in total. The summed E-state index contributed by atoms with van der Waals surface area (Å²) in [7, 11) is 1.25. The summed E-state index contributed by atoms with van der Waals surface area (Å²) in [4.78, 5) is 45.4. The van der Waals surface area contributed by atoms with Gasteiger partial charge in [0.25, 0.3) is 0 Å². The van der Waals surface area contributed by atoms with Crippen LogP contribution in [-0.2, 0) is 38.0 Å². The van der Waals surface area contributed by atoms with Crippen molar-refractivity contribution in [3.8, 4) is 0 Å². The van der Waals surface area contributed by atoms with Crippen LogP contribution < -0.4 is 5.32 Å². The molecular weight excluding hydrogens is 592 g/mol. The van der Waals surface area contributed by atoms with Gasteiger partial charge in [-0.15, -0.1) is 0 Å². The molecule has 0 aromatic heterocycles. The summed E-state index contributed by atoms with van der Waals surface area (Å²) in [5.41, 5.74) is 6.22. The second kappa shape index (κ2) is 13.6. The predicted octanol–water partition coefficient (Wildman–Crippen LogP) is 1.49. The molecule has 4 saturated heterocycles. The van der Waals surface area contributed by atoms with Crippen LogP contribution in [0.1, 0.15) is 60.8 Å². The Morgan fingerprint density at radius 3 is 2.53 bits per heavy atom. The van der Waals surface area contributed by atoms with Crippen molar-refractivity contribution in [2.45, 2.75) is 114 Å². The molecular formula is C29H48N6O10. The quantitative estimate of drug-likeness (QED) is 0.169. The van der Waals surface area contributed by atoms with Crippen molar-refractivity contribution in [2.75, 3.05) is 53.0 Å². The van der Waals surface area contributed by atoms with E-state index < -0.39 is 71.0 Å². The van der Waals surface area contributed by atoms with Crippen LogP contribution >= 0.6 is 0 Å². The second-order valence-corrected chi connectivity index (χ2v) is 13.8. The Labute approximate surface area is 263 Å². The number of rotatable bonds is 8. The van der Waals surface area contributed by atoms with Crippen molar-refractivity contribution in [1.82, 2.24) is 15.1 Å². The molecule has 0 aromatic carbocycles. The van der Waals surface area contributed by atoms with Crippen LogP contribution in [0, 0.1) is 0 Å². The van der Waals surface area contributed by atoms with E-state index in [-0.39, 0.29) is 19.4 Å². The molecule has 1 unspecified atom stereocenters. The van der Waals surface area contributed by atoms with Crippen LogP contribution in [0.5, 0.6) is 0 Å². The van der Waals surface area contributed by atoms with Crippen LogP contribution in [0.15, 0.2) is 5.11 Å². The topological polar surface area (TPSA) is 194 Å².